The molecule has 0 aromatic heterocycles. The molecule has 3 nitrogen and oxygen atoms in total. The predicted octanol–water partition coefficient (Wildman–Crippen LogP) is 3.38. The van der Waals surface area contributed by atoms with Gasteiger partial charge in [-0.3, -0.25) is 0 Å². The molecule has 1 aromatic carbocycles. The first kappa shape index (κ1) is 16.9. The molecule has 1 aromatic rings. The summed E-state index contributed by atoms with van der Waals surface area (Å²) >= 11 is 0. The zero-order chi connectivity index (χ0) is 13.5. The third kappa shape index (κ3) is 5.47. The molecule has 0 spiro atoms. The molecule has 1 atom stereocenters. The van der Waals surface area contributed by atoms with E-state index in [9.17, 15) is 4.39 Å². The zero-order valence-electron chi connectivity index (χ0n) is 11.6. The maximum absolute atomic E-state index is 12.8. The average molecular weight is 301 g/mol. The summed E-state index contributed by atoms with van der Waals surface area (Å²) in [5, 5.41) is 7.08. The summed E-state index contributed by atoms with van der Waals surface area (Å²) in [4.78, 5) is 2.40. The number of rotatable bonds is 6. The fraction of sp³-hybridized carbons (Fsp3) is 0.533. The second-order valence-electron chi connectivity index (χ2n) is 5.07. The molecule has 1 heterocycles. The molecule has 0 amide bonds. The van der Waals surface area contributed by atoms with E-state index < -0.39 is 0 Å². The molecule has 112 valence electrons. The lowest BCUT2D eigenvalue weighted by molar-refractivity contribution is 0.133. The van der Waals surface area contributed by atoms with Crippen molar-refractivity contribution in [2.45, 2.75) is 19.3 Å². The molecule has 1 aliphatic heterocycles. The molecule has 2 rings (SSSR count). The Morgan fingerprint density at radius 1 is 1.35 bits per heavy atom. The topological polar surface area (TPSA) is 36.3 Å². The van der Waals surface area contributed by atoms with E-state index in [0.29, 0.717) is 12.5 Å². The van der Waals surface area contributed by atoms with Crippen LogP contribution in [0.5, 0.6) is 5.75 Å². The molecule has 0 bridgehead atoms. The van der Waals surface area contributed by atoms with Crippen molar-refractivity contribution in [1.29, 1.82) is 5.41 Å². The van der Waals surface area contributed by atoms with Crippen LogP contribution in [0.1, 0.15) is 19.3 Å². The maximum Gasteiger partial charge on any atom is 0.123 e. The van der Waals surface area contributed by atoms with Gasteiger partial charge in [0.15, 0.2) is 0 Å². The van der Waals surface area contributed by atoms with Gasteiger partial charge in [0.1, 0.15) is 11.6 Å². The Morgan fingerprint density at radius 3 is 2.80 bits per heavy atom. The van der Waals surface area contributed by atoms with Crippen LogP contribution in [0.4, 0.5) is 4.39 Å². The summed E-state index contributed by atoms with van der Waals surface area (Å²) in [6.45, 7) is 3.82. The normalized spacial score (nSPS) is 19.1. The van der Waals surface area contributed by atoms with Crippen molar-refractivity contribution >= 4 is 18.6 Å². The molecule has 5 heteroatoms. The van der Waals surface area contributed by atoms with Gasteiger partial charge >= 0.3 is 0 Å². The number of nitrogens with one attached hydrogen (secondary N) is 1. The summed E-state index contributed by atoms with van der Waals surface area (Å²) in [6.07, 6.45) is 4.67. The van der Waals surface area contributed by atoms with Gasteiger partial charge in [0.25, 0.3) is 0 Å². The number of hydrogen-bond donors (Lipinski definition) is 1. The van der Waals surface area contributed by atoms with Crippen LogP contribution in [0.3, 0.4) is 0 Å². The van der Waals surface area contributed by atoms with Crippen LogP contribution in [-0.4, -0.2) is 37.4 Å². The SMILES string of the molecule is Cl.N=CCCN1CCCC(COc2ccc(F)cc2)C1. The van der Waals surface area contributed by atoms with E-state index in [1.54, 1.807) is 12.1 Å². The highest BCUT2D eigenvalue weighted by Crippen LogP contribution is 2.19. The number of ether oxygens (including phenoxy) is 1. The second kappa shape index (κ2) is 8.93. The van der Waals surface area contributed by atoms with Crippen molar-refractivity contribution < 1.29 is 9.13 Å². The van der Waals surface area contributed by atoms with Gasteiger partial charge in [0, 0.05) is 19.0 Å². The monoisotopic (exact) mass is 300 g/mol. The maximum atomic E-state index is 12.8. The minimum absolute atomic E-state index is 0. The Bertz CT molecular complexity index is 399. The highest BCUT2D eigenvalue weighted by Gasteiger charge is 2.19. The highest BCUT2D eigenvalue weighted by molar-refractivity contribution is 5.85. The lowest BCUT2D eigenvalue weighted by atomic mass is 9.99. The summed E-state index contributed by atoms with van der Waals surface area (Å²) in [5.74, 6) is 1.03. The lowest BCUT2D eigenvalue weighted by Crippen LogP contribution is -2.38. The minimum Gasteiger partial charge on any atom is -0.493 e. The van der Waals surface area contributed by atoms with Gasteiger partial charge in [-0.15, -0.1) is 12.4 Å². The Balaban J connectivity index is 0.00000200. The van der Waals surface area contributed by atoms with Crippen molar-refractivity contribution in [2.75, 3.05) is 26.2 Å². The number of halogens is 2. The van der Waals surface area contributed by atoms with Crippen molar-refractivity contribution in [3.05, 3.63) is 30.1 Å². The second-order valence-corrected chi connectivity index (χ2v) is 5.07. The average Bonchev–Trinajstić information content (AvgIpc) is 2.45. The fourth-order valence-electron chi connectivity index (χ4n) is 2.48. The van der Waals surface area contributed by atoms with E-state index >= 15 is 0 Å². The molecule has 0 saturated carbocycles. The summed E-state index contributed by atoms with van der Waals surface area (Å²) in [6, 6.07) is 6.19. The number of benzene rings is 1. The van der Waals surface area contributed by atoms with Crippen LogP contribution >= 0.6 is 12.4 Å². The molecule has 1 saturated heterocycles. The van der Waals surface area contributed by atoms with Crippen LogP contribution in [0.25, 0.3) is 0 Å². The van der Waals surface area contributed by atoms with Gasteiger partial charge in [-0.25, -0.2) is 4.39 Å². The van der Waals surface area contributed by atoms with Gasteiger partial charge in [-0.1, -0.05) is 0 Å². The fourth-order valence-corrected chi connectivity index (χ4v) is 2.48. The number of piperidine rings is 1. The summed E-state index contributed by atoms with van der Waals surface area (Å²) < 4.78 is 18.5. The van der Waals surface area contributed by atoms with Gasteiger partial charge in [0.05, 0.1) is 6.61 Å². The molecule has 1 N–H and O–H groups in total. The van der Waals surface area contributed by atoms with E-state index in [4.69, 9.17) is 10.1 Å². The third-order valence-corrected chi connectivity index (χ3v) is 3.49. The number of hydrogen-bond acceptors (Lipinski definition) is 3. The predicted molar refractivity (Wildman–Crippen MR) is 81.7 cm³/mol. The molecule has 20 heavy (non-hydrogen) atoms. The molecule has 1 aliphatic rings. The lowest BCUT2D eigenvalue weighted by Gasteiger charge is -2.32. The van der Waals surface area contributed by atoms with Crippen LogP contribution in [0.15, 0.2) is 24.3 Å². The van der Waals surface area contributed by atoms with Crippen LogP contribution in [0, 0.1) is 17.1 Å². The highest BCUT2D eigenvalue weighted by atomic mass is 35.5. The molecular formula is C15H22ClFN2O. The Kier molecular flexibility index (Phi) is 7.55. The van der Waals surface area contributed by atoms with Crippen LogP contribution in [0.2, 0.25) is 0 Å². The zero-order valence-corrected chi connectivity index (χ0v) is 12.4. The van der Waals surface area contributed by atoms with Gasteiger partial charge in [-0.2, -0.15) is 0 Å². The van der Waals surface area contributed by atoms with Crippen LogP contribution < -0.4 is 4.74 Å². The standard InChI is InChI=1S/C15H21FN2O.ClH/c16-14-4-6-15(7-5-14)19-12-13-3-1-9-18(11-13)10-2-8-17;/h4-8,13,17H,1-3,9-12H2;1H. The first-order chi connectivity index (χ1) is 9.28. The van der Waals surface area contributed by atoms with Crippen molar-refractivity contribution in [2.24, 2.45) is 5.92 Å². The van der Waals surface area contributed by atoms with E-state index in [0.717, 1.165) is 31.8 Å². The molecular weight excluding hydrogens is 279 g/mol. The first-order valence-electron chi connectivity index (χ1n) is 6.87. The Hall–Kier alpha value is -1.13. The van der Waals surface area contributed by atoms with Gasteiger partial charge < -0.3 is 15.0 Å². The van der Waals surface area contributed by atoms with Crippen molar-refractivity contribution in [3.8, 4) is 5.75 Å². The third-order valence-electron chi connectivity index (χ3n) is 3.49. The largest absolute Gasteiger partial charge is 0.493 e. The summed E-state index contributed by atoms with van der Waals surface area (Å²) in [7, 11) is 0. The minimum atomic E-state index is -0.233. The quantitative estimate of drug-likeness (QED) is 0.818. The molecule has 1 fully saturated rings. The number of likely N-dealkylation sites (tertiary alicyclic amines) is 1. The number of nitrogens with zero attached hydrogens (tertiary/aromatic N) is 1. The smallest absolute Gasteiger partial charge is 0.123 e. The van der Waals surface area contributed by atoms with Gasteiger partial charge in [0.2, 0.25) is 0 Å². The van der Waals surface area contributed by atoms with E-state index in [-0.39, 0.29) is 18.2 Å². The molecule has 0 aliphatic carbocycles. The van der Waals surface area contributed by atoms with E-state index in [1.165, 1.54) is 31.2 Å². The Morgan fingerprint density at radius 2 is 2.10 bits per heavy atom. The van der Waals surface area contributed by atoms with E-state index in [1.807, 2.05) is 0 Å². The van der Waals surface area contributed by atoms with Crippen LogP contribution in [-0.2, 0) is 0 Å². The summed E-state index contributed by atoms with van der Waals surface area (Å²) in [5.41, 5.74) is 0. The first-order valence-corrected chi connectivity index (χ1v) is 6.87. The van der Waals surface area contributed by atoms with E-state index in [2.05, 4.69) is 4.90 Å². The van der Waals surface area contributed by atoms with Crippen molar-refractivity contribution in [3.63, 3.8) is 0 Å². The van der Waals surface area contributed by atoms with Gasteiger partial charge in [-0.05, 0) is 56.3 Å². The van der Waals surface area contributed by atoms with Crippen molar-refractivity contribution in [1.82, 2.24) is 4.90 Å². The molecule has 1 unspecified atom stereocenters. The molecule has 0 radical (unpaired) electrons. The Labute approximate surface area is 126 Å².